The second-order valence-corrected chi connectivity index (χ2v) is 10.7. The smallest absolute Gasteiger partial charge is 0.295 e. The van der Waals surface area contributed by atoms with Gasteiger partial charge in [-0.05, 0) is 30.0 Å². The zero-order chi connectivity index (χ0) is 26.7. The van der Waals surface area contributed by atoms with Crippen LogP contribution in [0.25, 0.3) is 17.1 Å². The van der Waals surface area contributed by atoms with E-state index in [2.05, 4.69) is 55.0 Å². The highest BCUT2D eigenvalue weighted by atomic mass is 32.2. The topological polar surface area (TPSA) is 86.7 Å². The average molecular weight is 517 g/mol. The van der Waals surface area contributed by atoms with E-state index in [0.717, 1.165) is 11.3 Å². The van der Waals surface area contributed by atoms with Crippen molar-refractivity contribution < 1.29 is 4.79 Å². The van der Waals surface area contributed by atoms with Crippen molar-refractivity contribution in [2.24, 2.45) is 7.05 Å². The molecule has 0 saturated heterocycles. The Labute approximate surface area is 221 Å². The van der Waals surface area contributed by atoms with Crippen molar-refractivity contribution in [3.05, 3.63) is 88.9 Å². The summed E-state index contributed by atoms with van der Waals surface area (Å²) in [6, 6.07) is 17.6. The molecule has 37 heavy (non-hydrogen) atoms. The molecule has 192 valence electrons. The van der Waals surface area contributed by atoms with Gasteiger partial charge >= 0.3 is 0 Å². The van der Waals surface area contributed by atoms with Gasteiger partial charge in [-0.1, -0.05) is 81.1 Å². The fourth-order valence-corrected chi connectivity index (χ4v) is 4.79. The monoisotopic (exact) mass is 516 g/mol. The Morgan fingerprint density at radius 3 is 2.38 bits per heavy atom. The Balaban J connectivity index is 1.51. The number of hydrogen-bond acceptors (Lipinski definition) is 5. The second-order valence-electron chi connectivity index (χ2n) is 9.81. The molecule has 0 aliphatic rings. The highest BCUT2D eigenvalue weighted by Gasteiger charge is 2.20. The average Bonchev–Trinajstić information content (AvgIpc) is 3.36. The number of amides is 1. The van der Waals surface area contributed by atoms with Crippen LogP contribution in [0.1, 0.15) is 32.0 Å². The number of benzene rings is 2. The molecule has 2 aromatic carbocycles. The third kappa shape index (κ3) is 5.46. The largest absolute Gasteiger partial charge is 0.319 e. The van der Waals surface area contributed by atoms with E-state index >= 15 is 0 Å². The second kappa shape index (κ2) is 10.6. The van der Waals surface area contributed by atoms with Gasteiger partial charge in [0.25, 0.3) is 5.56 Å². The van der Waals surface area contributed by atoms with Gasteiger partial charge in [-0.2, -0.15) is 0 Å². The number of nitrogens with one attached hydrogen (secondary N) is 1. The van der Waals surface area contributed by atoms with E-state index in [1.807, 2.05) is 54.0 Å². The Morgan fingerprint density at radius 2 is 1.76 bits per heavy atom. The first-order chi connectivity index (χ1) is 17.6. The molecule has 0 saturated carbocycles. The Kier molecular flexibility index (Phi) is 7.54. The summed E-state index contributed by atoms with van der Waals surface area (Å²) in [6.07, 6.45) is 1.78. The zero-order valence-electron chi connectivity index (χ0n) is 21.9. The maximum atomic E-state index is 13.1. The maximum absolute atomic E-state index is 13.1. The summed E-state index contributed by atoms with van der Waals surface area (Å²) in [5, 5.41) is 12.1. The predicted octanol–water partition coefficient (Wildman–Crippen LogP) is 4.96. The lowest BCUT2D eigenvalue weighted by Crippen LogP contribution is -2.23. The van der Waals surface area contributed by atoms with Gasteiger partial charge in [0.15, 0.2) is 11.0 Å². The van der Waals surface area contributed by atoms with Crippen LogP contribution in [-0.2, 0) is 23.8 Å². The minimum atomic E-state index is -0.291. The molecule has 0 spiro atoms. The molecule has 0 aliphatic heterocycles. The standard InChI is InChI=1S/C28H32N6O2S/c1-7-17-33-25(20-13-15-21(16-14-20)28(3,4)5)30-31-27(33)37-18-23(35)29-24-19(2)32(6)34(26(24)36)22-11-9-8-10-12-22/h7-16H,1,17-18H2,2-6H3,(H,29,35). The van der Waals surface area contributed by atoms with Crippen molar-refractivity contribution >= 4 is 23.4 Å². The van der Waals surface area contributed by atoms with E-state index in [4.69, 9.17) is 0 Å². The van der Waals surface area contributed by atoms with Gasteiger partial charge in [0.1, 0.15) is 5.69 Å². The predicted molar refractivity (Wildman–Crippen MR) is 149 cm³/mol. The first kappa shape index (κ1) is 26.2. The lowest BCUT2D eigenvalue weighted by atomic mass is 9.87. The number of carbonyl (C=O) groups is 1. The number of anilines is 1. The summed E-state index contributed by atoms with van der Waals surface area (Å²) in [4.78, 5) is 25.9. The van der Waals surface area contributed by atoms with Gasteiger partial charge in [0, 0.05) is 19.2 Å². The Morgan fingerprint density at radius 1 is 1.08 bits per heavy atom. The van der Waals surface area contributed by atoms with E-state index in [1.54, 1.807) is 17.8 Å². The summed E-state index contributed by atoms with van der Waals surface area (Å²) in [5.74, 6) is 0.505. The Hall–Kier alpha value is -3.85. The number of aromatic nitrogens is 5. The number of carbonyl (C=O) groups excluding carboxylic acids is 1. The third-order valence-electron chi connectivity index (χ3n) is 6.19. The van der Waals surface area contributed by atoms with Crippen molar-refractivity contribution in [1.82, 2.24) is 24.1 Å². The number of hydrogen-bond donors (Lipinski definition) is 1. The number of thioether (sulfide) groups is 1. The van der Waals surface area contributed by atoms with Crippen LogP contribution >= 0.6 is 11.8 Å². The molecule has 0 fully saturated rings. The van der Waals surface area contributed by atoms with Crippen molar-refractivity contribution in [2.75, 3.05) is 11.1 Å². The van der Waals surface area contributed by atoms with E-state index in [1.165, 1.54) is 22.0 Å². The lowest BCUT2D eigenvalue weighted by molar-refractivity contribution is -0.113. The van der Waals surface area contributed by atoms with Crippen molar-refractivity contribution in [3.8, 4) is 17.1 Å². The third-order valence-corrected chi connectivity index (χ3v) is 7.16. The molecular weight excluding hydrogens is 484 g/mol. The SMILES string of the molecule is C=CCn1c(SCC(=O)Nc2c(C)n(C)n(-c3ccccc3)c2=O)nnc1-c1ccc(C(C)(C)C)cc1. The molecule has 1 amide bonds. The van der Waals surface area contributed by atoms with Crippen molar-refractivity contribution in [1.29, 1.82) is 0 Å². The van der Waals surface area contributed by atoms with Crippen LogP contribution in [0.5, 0.6) is 0 Å². The van der Waals surface area contributed by atoms with Crippen molar-refractivity contribution in [2.45, 2.75) is 44.8 Å². The fraction of sp³-hybridized carbons (Fsp3) is 0.286. The summed E-state index contributed by atoms with van der Waals surface area (Å²) in [5.41, 5.74) is 3.63. The molecule has 9 heteroatoms. The van der Waals surface area contributed by atoms with Crippen LogP contribution in [0, 0.1) is 6.92 Å². The molecule has 0 atom stereocenters. The minimum Gasteiger partial charge on any atom is -0.319 e. The number of nitrogens with zero attached hydrogens (tertiary/aromatic N) is 5. The quantitative estimate of drug-likeness (QED) is 0.264. The minimum absolute atomic E-state index is 0.0587. The van der Waals surface area contributed by atoms with E-state index in [9.17, 15) is 9.59 Å². The fourth-order valence-electron chi connectivity index (χ4n) is 4.04. The van der Waals surface area contributed by atoms with E-state index < -0.39 is 0 Å². The molecule has 8 nitrogen and oxygen atoms in total. The molecule has 2 heterocycles. The highest BCUT2D eigenvalue weighted by molar-refractivity contribution is 7.99. The van der Waals surface area contributed by atoms with E-state index in [0.29, 0.717) is 23.2 Å². The molecule has 0 bridgehead atoms. The first-order valence-corrected chi connectivity index (χ1v) is 13.0. The molecule has 0 unspecified atom stereocenters. The van der Waals surface area contributed by atoms with Gasteiger partial charge < -0.3 is 5.32 Å². The van der Waals surface area contributed by atoms with Crippen LogP contribution < -0.4 is 10.9 Å². The summed E-state index contributed by atoms with van der Waals surface area (Å²) < 4.78 is 5.21. The number of para-hydroxylation sites is 1. The Bertz CT molecular complexity index is 1470. The molecule has 2 aromatic heterocycles. The molecule has 4 rings (SSSR count). The number of allylic oxidation sites excluding steroid dienone is 1. The van der Waals surface area contributed by atoms with Gasteiger partial charge in [-0.15, -0.1) is 16.8 Å². The summed E-state index contributed by atoms with van der Waals surface area (Å²) in [6.45, 7) is 12.7. The molecular formula is C28H32N6O2S. The molecule has 4 aromatic rings. The van der Waals surface area contributed by atoms with Crippen LogP contribution in [0.4, 0.5) is 5.69 Å². The van der Waals surface area contributed by atoms with Crippen molar-refractivity contribution in [3.63, 3.8) is 0 Å². The lowest BCUT2D eigenvalue weighted by Gasteiger charge is -2.19. The molecule has 0 aliphatic carbocycles. The zero-order valence-corrected chi connectivity index (χ0v) is 22.7. The normalized spacial score (nSPS) is 11.5. The molecule has 0 radical (unpaired) electrons. The summed E-state index contributed by atoms with van der Waals surface area (Å²) >= 11 is 1.27. The van der Waals surface area contributed by atoms with Crippen LogP contribution in [0.3, 0.4) is 0 Å². The highest BCUT2D eigenvalue weighted by Crippen LogP contribution is 2.28. The van der Waals surface area contributed by atoms with Crippen LogP contribution in [0.15, 0.2) is 77.2 Å². The first-order valence-electron chi connectivity index (χ1n) is 12.0. The van der Waals surface area contributed by atoms with Gasteiger partial charge in [0.2, 0.25) is 5.91 Å². The van der Waals surface area contributed by atoms with Crippen LogP contribution in [0.2, 0.25) is 0 Å². The van der Waals surface area contributed by atoms with E-state index in [-0.39, 0.29) is 28.3 Å². The number of rotatable bonds is 8. The van der Waals surface area contributed by atoms with Gasteiger partial charge in [-0.3, -0.25) is 18.8 Å². The summed E-state index contributed by atoms with van der Waals surface area (Å²) in [7, 11) is 1.79. The van der Waals surface area contributed by atoms with Gasteiger partial charge in [0.05, 0.1) is 17.1 Å². The maximum Gasteiger partial charge on any atom is 0.295 e. The van der Waals surface area contributed by atoms with Gasteiger partial charge in [-0.25, -0.2) is 4.68 Å². The van der Waals surface area contributed by atoms with Crippen LogP contribution in [-0.4, -0.2) is 35.8 Å². The molecule has 1 N–H and O–H groups in total.